The van der Waals surface area contributed by atoms with Crippen molar-refractivity contribution in [2.75, 3.05) is 16.8 Å². The molecule has 1 saturated heterocycles. The van der Waals surface area contributed by atoms with Gasteiger partial charge in [0.1, 0.15) is 4.88 Å². The van der Waals surface area contributed by atoms with Crippen LogP contribution in [0.4, 0.5) is 5.69 Å². The van der Waals surface area contributed by atoms with Crippen molar-refractivity contribution < 1.29 is 21.6 Å². The zero-order valence-electron chi connectivity index (χ0n) is 17.2. The van der Waals surface area contributed by atoms with Crippen LogP contribution in [0.25, 0.3) is 0 Å². The monoisotopic (exact) mass is 471 g/mol. The SMILES string of the molecule is Cc1nc(C(C)(C)C)sc1C(=O)Nc1ccc(S(=O)(=O)NC2CCS(=O)(=O)C2)cc1. The maximum atomic E-state index is 12.6. The van der Waals surface area contributed by atoms with E-state index < -0.39 is 25.9 Å². The fourth-order valence-electron chi connectivity index (χ4n) is 3.01. The molecule has 1 aromatic carbocycles. The number of carbonyl (C=O) groups is 1. The largest absolute Gasteiger partial charge is 0.321 e. The molecule has 1 aliphatic rings. The van der Waals surface area contributed by atoms with Gasteiger partial charge in [0.2, 0.25) is 10.0 Å². The molecule has 1 amide bonds. The summed E-state index contributed by atoms with van der Waals surface area (Å²) in [5.74, 6) is -0.505. The van der Waals surface area contributed by atoms with Crippen molar-refractivity contribution in [1.82, 2.24) is 9.71 Å². The van der Waals surface area contributed by atoms with E-state index in [1.54, 1.807) is 6.92 Å². The number of nitrogens with zero attached hydrogens (tertiary/aromatic N) is 1. The molecule has 1 aromatic heterocycles. The van der Waals surface area contributed by atoms with Gasteiger partial charge < -0.3 is 5.32 Å². The minimum atomic E-state index is -3.85. The number of rotatable bonds is 5. The average molecular weight is 472 g/mol. The minimum Gasteiger partial charge on any atom is -0.321 e. The van der Waals surface area contributed by atoms with E-state index in [1.165, 1.54) is 35.6 Å². The van der Waals surface area contributed by atoms with Crippen molar-refractivity contribution in [1.29, 1.82) is 0 Å². The number of sulfone groups is 1. The number of carbonyl (C=O) groups excluding carboxylic acids is 1. The molecule has 1 atom stereocenters. The zero-order chi connectivity index (χ0) is 22.3. The number of amides is 1. The second kappa shape index (κ2) is 8.03. The van der Waals surface area contributed by atoms with Crippen molar-refractivity contribution in [3.8, 4) is 0 Å². The molecule has 164 valence electrons. The van der Waals surface area contributed by atoms with Gasteiger partial charge >= 0.3 is 0 Å². The van der Waals surface area contributed by atoms with E-state index in [1.807, 2.05) is 20.8 Å². The summed E-state index contributed by atoms with van der Waals surface area (Å²) < 4.78 is 50.5. The Labute approximate surface area is 181 Å². The number of hydrogen-bond acceptors (Lipinski definition) is 7. The van der Waals surface area contributed by atoms with Crippen LogP contribution >= 0.6 is 11.3 Å². The Balaban J connectivity index is 1.70. The Hall–Kier alpha value is -1.82. The highest BCUT2D eigenvalue weighted by molar-refractivity contribution is 7.92. The third-order valence-corrected chi connectivity index (χ3v) is 9.51. The molecular weight excluding hydrogens is 446 g/mol. The molecule has 1 fully saturated rings. The highest BCUT2D eigenvalue weighted by Gasteiger charge is 2.31. The van der Waals surface area contributed by atoms with Gasteiger partial charge in [-0.3, -0.25) is 4.79 Å². The number of benzene rings is 1. The Bertz CT molecular complexity index is 1160. The molecule has 2 heterocycles. The van der Waals surface area contributed by atoms with Crippen LogP contribution in [0, 0.1) is 6.92 Å². The third-order valence-electron chi connectivity index (χ3n) is 4.62. The summed E-state index contributed by atoms with van der Waals surface area (Å²) in [6.45, 7) is 7.87. The lowest BCUT2D eigenvalue weighted by Gasteiger charge is -2.13. The summed E-state index contributed by atoms with van der Waals surface area (Å²) in [4.78, 5) is 17.6. The second-order valence-corrected chi connectivity index (χ2v) is 13.3. The molecular formula is C19H25N3O5S3. The van der Waals surface area contributed by atoms with Crippen LogP contribution in [-0.2, 0) is 25.3 Å². The molecule has 0 radical (unpaired) electrons. The Kier molecular flexibility index (Phi) is 6.11. The predicted octanol–water partition coefficient (Wildman–Crippen LogP) is 2.47. The lowest BCUT2D eigenvalue weighted by atomic mass is 9.98. The van der Waals surface area contributed by atoms with Crippen LogP contribution in [0.3, 0.4) is 0 Å². The number of sulfonamides is 1. The highest BCUT2D eigenvalue weighted by Crippen LogP contribution is 2.29. The first-order valence-electron chi connectivity index (χ1n) is 9.39. The number of hydrogen-bond donors (Lipinski definition) is 2. The van der Waals surface area contributed by atoms with Gasteiger partial charge in [-0.2, -0.15) is 0 Å². The average Bonchev–Trinajstić information content (AvgIpc) is 3.17. The number of anilines is 1. The Morgan fingerprint density at radius 3 is 2.33 bits per heavy atom. The van der Waals surface area contributed by atoms with Gasteiger partial charge in [-0.15, -0.1) is 11.3 Å². The van der Waals surface area contributed by atoms with Crippen LogP contribution in [0.5, 0.6) is 0 Å². The van der Waals surface area contributed by atoms with E-state index >= 15 is 0 Å². The first kappa shape index (κ1) is 22.9. The third kappa shape index (κ3) is 5.26. The van der Waals surface area contributed by atoms with Crippen LogP contribution in [0.2, 0.25) is 0 Å². The number of aromatic nitrogens is 1. The van der Waals surface area contributed by atoms with Crippen molar-refractivity contribution in [2.45, 2.75) is 50.5 Å². The van der Waals surface area contributed by atoms with Crippen molar-refractivity contribution in [3.05, 3.63) is 39.8 Å². The van der Waals surface area contributed by atoms with Crippen molar-refractivity contribution in [3.63, 3.8) is 0 Å². The molecule has 1 aliphatic heterocycles. The van der Waals surface area contributed by atoms with Gasteiger partial charge in [-0.1, -0.05) is 20.8 Å². The zero-order valence-corrected chi connectivity index (χ0v) is 19.7. The molecule has 1 unspecified atom stereocenters. The van der Waals surface area contributed by atoms with Crippen LogP contribution in [-0.4, -0.2) is 45.3 Å². The van der Waals surface area contributed by atoms with Crippen molar-refractivity contribution in [2.24, 2.45) is 0 Å². The lowest BCUT2D eigenvalue weighted by Crippen LogP contribution is -2.35. The van der Waals surface area contributed by atoms with Gasteiger partial charge in [0.15, 0.2) is 9.84 Å². The maximum absolute atomic E-state index is 12.6. The summed E-state index contributed by atoms with van der Waals surface area (Å²) in [7, 11) is -7.03. The molecule has 8 nitrogen and oxygen atoms in total. The predicted molar refractivity (Wildman–Crippen MR) is 117 cm³/mol. The van der Waals surface area contributed by atoms with E-state index in [2.05, 4.69) is 15.0 Å². The van der Waals surface area contributed by atoms with E-state index in [0.717, 1.165) is 5.01 Å². The number of nitrogens with one attached hydrogen (secondary N) is 2. The Morgan fingerprint density at radius 2 is 1.83 bits per heavy atom. The normalized spacial score (nSPS) is 19.0. The molecule has 30 heavy (non-hydrogen) atoms. The van der Waals surface area contributed by atoms with Gasteiger partial charge in [0.05, 0.1) is 27.1 Å². The molecule has 11 heteroatoms. The molecule has 0 bridgehead atoms. The van der Waals surface area contributed by atoms with E-state index in [0.29, 0.717) is 16.3 Å². The molecule has 3 rings (SSSR count). The van der Waals surface area contributed by atoms with Gasteiger partial charge in [-0.05, 0) is 37.6 Å². The topological polar surface area (TPSA) is 122 Å². The minimum absolute atomic E-state index is 0.00814. The van der Waals surface area contributed by atoms with Crippen LogP contribution in [0.1, 0.15) is 47.6 Å². The smallest absolute Gasteiger partial charge is 0.267 e. The number of thiazole rings is 1. The molecule has 2 aromatic rings. The molecule has 0 aliphatic carbocycles. The molecule has 0 spiro atoms. The quantitative estimate of drug-likeness (QED) is 0.691. The molecule has 2 N–H and O–H groups in total. The first-order chi connectivity index (χ1) is 13.8. The number of aryl methyl sites for hydroxylation is 1. The van der Waals surface area contributed by atoms with Crippen LogP contribution < -0.4 is 10.0 Å². The van der Waals surface area contributed by atoms with Gasteiger partial charge in [-0.25, -0.2) is 26.5 Å². The first-order valence-corrected chi connectivity index (χ1v) is 13.5. The van der Waals surface area contributed by atoms with E-state index in [9.17, 15) is 21.6 Å². The maximum Gasteiger partial charge on any atom is 0.267 e. The Morgan fingerprint density at radius 1 is 1.20 bits per heavy atom. The van der Waals surface area contributed by atoms with Crippen molar-refractivity contribution >= 4 is 42.8 Å². The summed E-state index contributed by atoms with van der Waals surface area (Å²) >= 11 is 1.34. The second-order valence-electron chi connectivity index (χ2n) is 8.38. The summed E-state index contributed by atoms with van der Waals surface area (Å²) in [5.41, 5.74) is 0.945. The fourth-order valence-corrected chi connectivity index (χ4v) is 7.08. The van der Waals surface area contributed by atoms with E-state index in [4.69, 9.17) is 0 Å². The fraction of sp³-hybridized carbons (Fsp3) is 0.474. The highest BCUT2D eigenvalue weighted by atomic mass is 32.2. The summed E-state index contributed by atoms with van der Waals surface area (Å²) in [6, 6.07) is 5.13. The van der Waals surface area contributed by atoms with E-state index in [-0.39, 0.29) is 34.1 Å². The summed E-state index contributed by atoms with van der Waals surface area (Å²) in [6.07, 6.45) is 0.264. The van der Waals surface area contributed by atoms with Gasteiger partial charge in [0.25, 0.3) is 5.91 Å². The standard InChI is InChI=1S/C19H25N3O5S3/c1-12-16(28-18(20-12)19(2,3)4)17(23)21-13-5-7-15(8-6-13)30(26,27)22-14-9-10-29(24,25)11-14/h5-8,14,22H,9-11H2,1-4H3,(H,21,23). The summed E-state index contributed by atoms with van der Waals surface area (Å²) in [5, 5.41) is 3.63. The lowest BCUT2D eigenvalue weighted by molar-refractivity contribution is 0.103. The van der Waals surface area contributed by atoms with Gasteiger partial charge in [0, 0.05) is 17.1 Å². The molecule has 0 saturated carbocycles. The van der Waals surface area contributed by atoms with Crippen LogP contribution in [0.15, 0.2) is 29.2 Å².